The highest BCUT2D eigenvalue weighted by Crippen LogP contribution is 2.31. The first-order valence-corrected chi connectivity index (χ1v) is 9.52. The number of aromatic nitrogens is 2. The Labute approximate surface area is 174 Å². The number of carboxylic acid groups (broad SMARTS) is 1. The van der Waals surface area contributed by atoms with Crippen LogP contribution in [0.3, 0.4) is 0 Å². The fourth-order valence-corrected chi connectivity index (χ4v) is 2.66. The number of nitrogens with one attached hydrogen (secondary N) is 1. The Kier molecular flexibility index (Phi) is 8.18. The number of hydrogen-bond donors (Lipinski definition) is 4. The monoisotopic (exact) mass is 411 g/mol. The SMILES string of the molecule is CCCNC(=O)C1=Cc2ccc(-c3cnc(C(=O)O)nc3)cc2N=C(N)C1.CCO. The van der Waals surface area contributed by atoms with E-state index >= 15 is 0 Å². The lowest BCUT2D eigenvalue weighted by molar-refractivity contribution is -0.117. The zero-order chi connectivity index (χ0) is 22.1. The third kappa shape index (κ3) is 5.95. The smallest absolute Gasteiger partial charge is 0.373 e. The predicted molar refractivity (Wildman–Crippen MR) is 114 cm³/mol. The maximum Gasteiger partial charge on any atom is 0.373 e. The summed E-state index contributed by atoms with van der Waals surface area (Å²) in [5.41, 5.74) is 9.39. The molecule has 1 aliphatic heterocycles. The Morgan fingerprint density at radius 1 is 1.17 bits per heavy atom. The van der Waals surface area contributed by atoms with Crippen molar-refractivity contribution in [2.24, 2.45) is 10.7 Å². The zero-order valence-corrected chi connectivity index (χ0v) is 16.9. The molecule has 0 saturated carbocycles. The topological polar surface area (TPSA) is 151 Å². The van der Waals surface area contributed by atoms with Crippen molar-refractivity contribution in [3.05, 3.63) is 47.6 Å². The molecule has 0 bridgehead atoms. The molecular formula is C21H25N5O4. The number of carbonyl (C=O) groups excluding carboxylic acids is 1. The third-order valence-corrected chi connectivity index (χ3v) is 4.00. The molecule has 1 aromatic carbocycles. The molecule has 1 aromatic heterocycles. The number of carbonyl (C=O) groups is 2. The second-order valence-electron chi connectivity index (χ2n) is 6.40. The molecule has 3 rings (SSSR count). The van der Waals surface area contributed by atoms with Crippen LogP contribution in [0.1, 0.15) is 42.9 Å². The number of aliphatic hydroxyl groups is 1. The van der Waals surface area contributed by atoms with Gasteiger partial charge >= 0.3 is 5.97 Å². The van der Waals surface area contributed by atoms with Crippen LogP contribution in [-0.2, 0) is 4.79 Å². The van der Waals surface area contributed by atoms with Gasteiger partial charge in [-0.3, -0.25) is 4.79 Å². The van der Waals surface area contributed by atoms with Crippen molar-refractivity contribution in [3.63, 3.8) is 0 Å². The second-order valence-corrected chi connectivity index (χ2v) is 6.40. The van der Waals surface area contributed by atoms with E-state index in [1.807, 2.05) is 25.1 Å². The van der Waals surface area contributed by atoms with E-state index in [2.05, 4.69) is 20.3 Å². The molecule has 0 unspecified atom stereocenters. The first-order valence-electron chi connectivity index (χ1n) is 9.52. The summed E-state index contributed by atoms with van der Waals surface area (Å²) in [4.78, 5) is 35.2. The van der Waals surface area contributed by atoms with Gasteiger partial charge in [-0.05, 0) is 31.1 Å². The number of amides is 1. The minimum absolute atomic E-state index is 0.149. The summed E-state index contributed by atoms with van der Waals surface area (Å²) in [6.07, 6.45) is 5.81. The number of fused-ring (bicyclic) bond motifs is 1. The van der Waals surface area contributed by atoms with E-state index in [0.29, 0.717) is 29.2 Å². The highest BCUT2D eigenvalue weighted by atomic mass is 16.4. The highest BCUT2D eigenvalue weighted by molar-refractivity contribution is 6.05. The van der Waals surface area contributed by atoms with Gasteiger partial charge in [0, 0.05) is 48.7 Å². The van der Waals surface area contributed by atoms with Crippen molar-refractivity contribution >= 4 is 29.5 Å². The van der Waals surface area contributed by atoms with Crippen molar-refractivity contribution in [3.8, 4) is 11.1 Å². The lowest BCUT2D eigenvalue weighted by Gasteiger charge is -2.07. The highest BCUT2D eigenvalue weighted by Gasteiger charge is 2.16. The largest absolute Gasteiger partial charge is 0.475 e. The summed E-state index contributed by atoms with van der Waals surface area (Å²) in [5, 5.41) is 19.3. The number of aliphatic imine (C=N–C) groups is 1. The maximum atomic E-state index is 12.3. The van der Waals surface area contributed by atoms with Crippen LogP contribution in [0.5, 0.6) is 0 Å². The number of hydrogen-bond acceptors (Lipinski definition) is 7. The van der Waals surface area contributed by atoms with Crippen molar-refractivity contribution in [2.45, 2.75) is 26.7 Å². The van der Waals surface area contributed by atoms with Crippen molar-refractivity contribution in [1.29, 1.82) is 0 Å². The van der Waals surface area contributed by atoms with E-state index in [-0.39, 0.29) is 24.8 Å². The van der Waals surface area contributed by atoms with E-state index in [1.54, 1.807) is 13.0 Å². The maximum absolute atomic E-state index is 12.3. The molecule has 0 aliphatic carbocycles. The molecule has 5 N–H and O–H groups in total. The van der Waals surface area contributed by atoms with Gasteiger partial charge in [0.25, 0.3) is 0 Å². The molecule has 1 aliphatic rings. The minimum atomic E-state index is -1.18. The average molecular weight is 411 g/mol. The van der Waals surface area contributed by atoms with E-state index < -0.39 is 5.97 Å². The Morgan fingerprint density at radius 2 is 1.83 bits per heavy atom. The van der Waals surface area contributed by atoms with E-state index in [1.165, 1.54) is 12.4 Å². The molecule has 0 atom stereocenters. The second kappa shape index (κ2) is 10.8. The van der Waals surface area contributed by atoms with Crippen LogP contribution in [0, 0.1) is 0 Å². The Hall–Kier alpha value is -3.59. The van der Waals surface area contributed by atoms with Crippen LogP contribution in [0.4, 0.5) is 5.69 Å². The van der Waals surface area contributed by atoms with Gasteiger partial charge in [0.15, 0.2) is 0 Å². The Balaban J connectivity index is 0.00000101. The first kappa shape index (κ1) is 22.7. The van der Waals surface area contributed by atoms with Gasteiger partial charge in [-0.2, -0.15) is 0 Å². The van der Waals surface area contributed by atoms with Gasteiger partial charge in [-0.25, -0.2) is 19.8 Å². The van der Waals surface area contributed by atoms with E-state index in [0.717, 1.165) is 17.5 Å². The summed E-state index contributed by atoms with van der Waals surface area (Å²) in [6, 6.07) is 5.49. The first-order chi connectivity index (χ1) is 14.4. The molecule has 2 heterocycles. The molecule has 0 fully saturated rings. The summed E-state index contributed by atoms with van der Waals surface area (Å²) < 4.78 is 0. The normalized spacial score (nSPS) is 12.4. The minimum Gasteiger partial charge on any atom is -0.475 e. The molecule has 1 amide bonds. The van der Waals surface area contributed by atoms with Crippen LogP contribution in [0.25, 0.3) is 17.2 Å². The number of benzene rings is 1. The van der Waals surface area contributed by atoms with Gasteiger partial charge < -0.3 is 21.3 Å². The molecule has 2 aromatic rings. The average Bonchev–Trinajstić information content (AvgIpc) is 2.90. The van der Waals surface area contributed by atoms with Crippen LogP contribution < -0.4 is 11.1 Å². The Morgan fingerprint density at radius 3 is 2.43 bits per heavy atom. The van der Waals surface area contributed by atoms with Crippen LogP contribution >= 0.6 is 0 Å². The van der Waals surface area contributed by atoms with Gasteiger partial charge in [0.1, 0.15) is 5.84 Å². The van der Waals surface area contributed by atoms with Crippen molar-refractivity contribution < 1.29 is 19.8 Å². The Bertz CT molecular complexity index is 968. The lowest BCUT2D eigenvalue weighted by Crippen LogP contribution is -2.27. The van der Waals surface area contributed by atoms with Gasteiger partial charge in [0.05, 0.1) is 5.69 Å². The predicted octanol–water partition coefficient (Wildman–Crippen LogP) is 2.14. The quantitative estimate of drug-likeness (QED) is 0.588. The standard InChI is InChI=1S/C19H19N5O3.C2H6O/c1-2-5-21-18(25)13-6-12-4-3-11(7-15(12)24-16(20)8-13)14-9-22-17(19(26)27)23-10-14;1-2-3/h3-4,6-7,9-10H,2,5,8H2,1H3,(H2,20,24)(H,21,25)(H,26,27);3H,2H2,1H3. The third-order valence-electron chi connectivity index (χ3n) is 4.00. The molecule has 0 radical (unpaired) electrons. The number of aromatic carboxylic acids is 1. The molecule has 158 valence electrons. The zero-order valence-electron chi connectivity index (χ0n) is 16.9. The number of carboxylic acids is 1. The molecule has 9 heteroatoms. The van der Waals surface area contributed by atoms with Gasteiger partial charge in [-0.1, -0.05) is 19.1 Å². The molecule has 30 heavy (non-hydrogen) atoms. The van der Waals surface area contributed by atoms with Crippen LogP contribution in [0.15, 0.2) is 41.2 Å². The van der Waals surface area contributed by atoms with E-state index in [9.17, 15) is 9.59 Å². The summed E-state index contributed by atoms with van der Waals surface area (Å²) >= 11 is 0. The summed E-state index contributed by atoms with van der Waals surface area (Å²) in [5.74, 6) is -1.24. The van der Waals surface area contributed by atoms with Crippen LogP contribution in [-0.4, -0.2) is 51.0 Å². The van der Waals surface area contributed by atoms with Crippen molar-refractivity contribution in [1.82, 2.24) is 15.3 Å². The molecular weight excluding hydrogens is 386 g/mol. The number of aliphatic hydroxyl groups excluding tert-OH is 1. The van der Waals surface area contributed by atoms with E-state index in [4.69, 9.17) is 15.9 Å². The summed E-state index contributed by atoms with van der Waals surface area (Å²) in [7, 11) is 0. The fourth-order valence-electron chi connectivity index (χ4n) is 2.66. The number of nitrogens with zero attached hydrogens (tertiary/aromatic N) is 3. The lowest BCUT2D eigenvalue weighted by atomic mass is 10.0. The van der Waals surface area contributed by atoms with Gasteiger partial charge in [0.2, 0.25) is 11.7 Å². The van der Waals surface area contributed by atoms with Crippen molar-refractivity contribution in [2.75, 3.05) is 13.2 Å². The fraction of sp³-hybridized carbons (Fsp3) is 0.286. The summed E-state index contributed by atoms with van der Waals surface area (Å²) in [6.45, 7) is 4.52. The molecule has 9 nitrogen and oxygen atoms in total. The molecule has 0 saturated heterocycles. The van der Waals surface area contributed by atoms with Gasteiger partial charge in [-0.15, -0.1) is 0 Å². The molecule has 0 spiro atoms. The van der Waals surface area contributed by atoms with Crippen LogP contribution in [0.2, 0.25) is 0 Å². The number of nitrogens with two attached hydrogens (primary N) is 1. The number of amidine groups is 1. The number of rotatable bonds is 5.